The minimum absolute atomic E-state index is 0.0426. The molecule has 2 aliphatic rings. The van der Waals surface area contributed by atoms with Gasteiger partial charge in [-0.1, -0.05) is 0 Å². The van der Waals surface area contributed by atoms with Crippen molar-refractivity contribution in [3.05, 3.63) is 12.2 Å². The van der Waals surface area contributed by atoms with E-state index in [9.17, 15) is 4.79 Å². The van der Waals surface area contributed by atoms with E-state index in [0.29, 0.717) is 6.42 Å². The van der Waals surface area contributed by atoms with Crippen molar-refractivity contribution in [2.45, 2.75) is 63.6 Å². The molecule has 1 amide bonds. The van der Waals surface area contributed by atoms with Gasteiger partial charge in [-0.2, -0.15) is 0 Å². The van der Waals surface area contributed by atoms with Gasteiger partial charge in [-0.05, 0) is 0 Å². The standard InChI is InChI=1S/C16H27B7N2O4SSi/c1-16(2,3)31(4,5)29-12-8-11(10-6-7-14(24)25-15(10)26)28-13(12)9-27-30(18)23-22-21-20-19-17/h6-7,10-13H,8-9H2,1-5H3,(H2,24,25,26)/t10?,11-,12-,13-/m1/s1. The summed E-state index contributed by atoms with van der Waals surface area (Å²) < 4.78 is 18.7. The number of ether oxygens (including phenoxy) is 1. The summed E-state index contributed by atoms with van der Waals surface area (Å²) in [4.78, 5) is 12.4. The Morgan fingerprint density at radius 1 is 1.35 bits per heavy atom. The van der Waals surface area contributed by atoms with Gasteiger partial charge in [0.15, 0.2) is 0 Å². The summed E-state index contributed by atoms with van der Waals surface area (Å²) in [5, 5.41) is 10.2. The first-order valence-electron chi connectivity index (χ1n) is 10.3. The molecule has 15 heteroatoms. The van der Waals surface area contributed by atoms with Crippen molar-refractivity contribution >= 4 is 77.0 Å². The van der Waals surface area contributed by atoms with Crippen LogP contribution in [0.5, 0.6) is 0 Å². The van der Waals surface area contributed by atoms with Crippen LogP contribution >= 0.6 is 9.84 Å². The minimum atomic E-state index is -2.06. The van der Waals surface area contributed by atoms with Gasteiger partial charge in [0.05, 0.1) is 0 Å². The van der Waals surface area contributed by atoms with Crippen LogP contribution in [-0.4, -0.2) is 92.1 Å². The Morgan fingerprint density at radius 2 is 2.06 bits per heavy atom. The first-order valence-corrected chi connectivity index (χ1v) is 14.5. The van der Waals surface area contributed by atoms with Crippen molar-refractivity contribution in [1.82, 2.24) is 5.32 Å². The Hall–Kier alpha value is -0.349. The topological polar surface area (TPSA) is 80.6 Å². The Kier molecular flexibility index (Phi) is 10.1. The maximum atomic E-state index is 12.4. The molecule has 2 N–H and O–H groups in total. The number of carbonyl (C=O) groups is 1. The molecule has 0 aromatic carbocycles. The van der Waals surface area contributed by atoms with Crippen LogP contribution in [0.2, 0.25) is 18.1 Å². The number of hydrogen-bond donors (Lipinski definition) is 2. The molecule has 1 fully saturated rings. The summed E-state index contributed by atoms with van der Waals surface area (Å²) in [6, 6.07) is 1.75. The molecule has 1 unspecified atom stereocenters. The Balaban J connectivity index is 2.15. The fourth-order valence-electron chi connectivity index (χ4n) is 3.08. The number of hydrogen-bond acceptors (Lipinski definition) is 5. The van der Waals surface area contributed by atoms with E-state index in [1.54, 1.807) is 38.3 Å². The van der Waals surface area contributed by atoms with Crippen molar-refractivity contribution < 1.29 is 18.1 Å². The van der Waals surface area contributed by atoms with E-state index in [1.165, 1.54) is 6.69 Å². The van der Waals surface area contributed by atoms with Crippen LogP contribution in [0.3, 0.4) is 0 Å². The Labute approximate surface area is 193 Å². The van der Waals surface area contributed by atoms with E-state index in [2.05, 4.69) is 39.2 Å². The van der Waals surface area contributed by atoms with E-state index in [1.807, 2.05) is 0 Å². The molecule has 4 atom stereocenters. The second-order valence-corrected chi connectivity index (χ2v) is 15.1. The molecule has 156 valence electrons. The third kappa shape index (κ3) is 7.88. The zero-order valence-corrected chi connectivity index (χ0v) is 20.8. The van der Waals surface area contributed by atoms with Gasteiger partial charge in [-0.15, -0.1) is 0 Å². The van der Waals surface area contributed by atoms with Crippen LogP contribution in [0.25, 0.3) is 0 Å². The molecule has 0 aromatic heterocycles. The number of amidine groups is 1. The van der Waals surface area contributed by atoms with E-state index < -0.39 is 24.1 Å². The molecular weight excluding hydrogens is 420 g/mol. The van der Waals surface area contributed by atoms with Crippen molar-refractivity contribution in [1.29, 1.82) is 5.41 Å². The number of rotatable bonds is 7. The fraction of sp³-hybridized carbons (Fsp3) is 0.750. The summed E-state index contributed by atoms with van der Waals surface area (Å²) in [6.45, 7) is 24.0. The first kappa shape index (κ1) is 26.9. The third-order valence-corrected chi connectivity index (χ3v) is 11.2. The summed E-state index contributed by atoms with van der Waals surface area (Å²) >= 11 is 0. The fourth-order valence-corrected chi connectivity index (χ4v) is 5.05. The molecule has 0 aliphatic carbocycles. The molecule has 2 radical (unpaired) electrons. The Morgan fingerprint density at radius 3 is 2.68 bits per heavy atom. The molecule has 0 aromatic rings. The number of nitrogens with one attached hydrogen (secondary N) is 2. The molecule has 0 saturated carbocycles. The van der Waals surface area contributed by atoms with E-state index in [-0.39, 0.29) is 41.7 Å². The van der Waals surface area contributed by atoms with Crippen LogP contribution < -0.4 is 5.32 Å². The van der Waals surface area contributed by atoms with Gasteiger partial charge in [0.25, 0.3) is 0 Å². The first-order chi connectivity index (χ1) is 14.4. The van der Waals surface area contributed by atoms with Gasteiger partial charge in [-0.25, -0.2) is 0 Å². The molecular formula is C16H27B7N2O4SSi. The summed E-state index contributed by atoms with van der Waals surface area (Å²) in [7, 11) is 2.35. The SMILES string of the molecule is [B]B=BB=BB=S(#B)OC[C@H]1O[C@@H](C2C=CC(=N)NC2=O)C[C@H]1O[Si](C)(C)C(C)(C)C. The summed E-state index contributed by atoms with van der Waals surface area (Å²) in [5.74, 6) is -0.595. The molecule has 2 aliphatic heterocycles. The Bertz CT molecular complexity index is 916. The van der Waals surface area contributed by atoms with Gasteiger partial charge in [0.1, 0.15) is 0 Å². The average molecular weight is 447 g/mol. The zero-order valence-electron chi connectivity index (χ0n) is 19.0. The third-order valence-electron chi connectivity index (χ3n) is 5.83. The van der Waals surface area contributed by atoms with Gasteiger partial charge in [0.2, 0.25) is 0 Å². The van der Waals surface area contributed by atoms with Crippen LogP contribution in [0.15, 0.2) is 12.2 Å². The van der Waals surface area contributed by atoms with Crippen molar-refractivity contribution in [3.8, 4) is 0 Å². The van der Waals surface area contributed by atoms with Crippen LogP contribution in [0.1, 0.15) is 27.2 Å². The normalized spacial score (nSPS) is 26.9. The monoisotopic (exact) mass is 448 g/mol. The van der Waals surface area contributed by atoms with E-state index >= 15 is 0 Å². The molecule has 2 rings (SSSR count). The van der Waals surface area contributed by atoms with Crippen LogP contribution in [0.4, 0.5) is 0 Å². The van der Waals surface area contributed by atoms with Gasteiger partial charge in [-0.3, -0.25) is 0 Å². The predicted molar refractivity (Wildman–Crippen MR) is 138 cm³/mol. The van der Waals surface area contributed by atoms with Crippen LogP contribution in [-0.2, 0) is 18.1 Å². The van der Waals surface area contributed by atoms with Crippen LogP contribution in [0, 0.1) is 11.3 Å². The number of amides is 1. The molecule has 0 spiro atoms. The molecule has 1 saturated heterocycles. The molecule has 6 nitrogen and oxygen atoms in total. The average Bonchev–Trinajstić information content (AvgIpc) is 3.04. The molecule has 2 heterocycles. The second-order valence-electron chi connectivity index (χ2n) is 9.17. The maximum absolute atomic E-state index is 12.4. The second kappa shape index (κ2) is 11.7. The quantitative estimate of drug-likeness (QED) is 0.550. The zero-order chi connectivity index (χ0) is 23.2. The van der Waals surface area contributed by atoms with Gasteiger partial charge in [0, 0.05) is 0 Å². The van der Waals surface area contributed by atoms with Crippen molar-refractivity contribution in [3.63, 3.8) is 0 Å². The number of carbonyl (C=O) groups excluding carboxylic acids is 1. The van der Waals surface area contributed by atoms with Crippen molar-refractivity contribution in [2.75, 3.05) is 6.61 Å². The van der Waals surface area contributed by atoms with E-state index in [0.717, 1.165) is 0 Å². The predicted octanol–water partition coefficient (Wildman–Crippen LogP) is 0.277. The molecule has 0 bridgehead atoms. The van der Waals surface area contributed by atoms with Gasteiger partial charge >= 0.3 is 194 Å². The van der Waals surface area contributed by atoms with Gasteiger partial charge < -0.3 is 0 Å². The van der Waals surface area contributed by atoms with Crippen molar-refractivity contribution in [2.24, 2.45) is 5.92 Å². The molecule has 31 heavy (non-hydrogen) atoms. The van der Waals surface area contributed by atoms with E-state index in [4.69, 9.17) is 33.0 Å². The summed E-state index contributed by atoms with van der Waals surface area (Å²) in [6.07, 6.45) is 3.04. The summed E-state index contributed by atoms with van der Waals surface area (Å²) in [5.41, 5.74) is 0.